The molecule has 0 radical (unpaired) electrons. The van der Waals surface area contributed by atoms with Gasteiger partial charge in [0.1, 0.15) is 5.75 Å². The average Bonchev–Trinajstić information content (AvgIpc) is 2.67. The van der Waals surface area contributed by atoms with Crippen molar-refractivity contribution in [1.82, 2.24) is 4.90 Å². The fourth-order valence-corrected chi connectivity index (χ4v) is 3.17. The van der Waals surface area contributed by atoms with E-state index in [1.54, 1.807) is 30.3 Å². The van der Waals surface area contributed by atoms with Gasteiger partial charge in [-0.05, 0) is 37.0 Å². The van der Waals surface area contributed by atoms with E-state index in [1.807, 2.05) is 36.4 Å². The number of nitrogens with zero attached hydrogens (tertiary/aromatic N) is 1. The highest BCUT2D eigenvalue weighted by Crippen LogP contribution is 2.34. The quantitative estimate of drug-likeness (QED) is 0.738. The lowest BCUT2D eigenvalue weighted by Crippen LogP contribution is -2.43. The second kappa shape index (κ2) is 8.48. The molecule has 0 aliphatic carbocycles. The van der Waals surface area contributed by atoms with Crippen molar-refractivity contribution in [3.8, 4) is 5.75 Å². The number of carbonyl (C=O) groups excluding carboxylic acids is 2. The van der Waals surface area contributed by atoms with Crippen LogP contribution in [0.1, 0.15) is 44.2 Å². The zero-order valence-corrected chi connectivity index (χ0v) is 14.9. The number of rotatable bonds is 5. The van der Waals surface area contributed by atoms with Crippen molar-refractivity contribution in [2.45, 2.75) is 38.6 Å². The molecule has 3 rings (SSSR count). The number of imide groups is 1. The highest BCUT2D eigenvalue weighted by Gasteiger charge is 2.35. The highest BCUT2D eigenvalue weighted by atomic mass is 16.6. The molecule has 0 bridgehead atoms. The maximum absolute atomic E-state index is 12.7. The average molecular weight is 349 g/mol. The Balaban J connectivity index is 1.87. The van der Waals surface area contributed by atoms with Crippen LogP contribution in [0.5, 0.6) is 5.75 Å². The molecule has 1 aliphatic rings. The summed E-state index contributed by atoms with van der Waals surface area (Å²) < 4.78 is 5.43. The monoisotopic (exact) mass is 349 g/mol. The number of hydrogen-bond donors (Lipinski definition) is 0. The van der Waals surface area contributed by atoms with E-state index in [2.05, 4.69) is 6.92 Å². The number of ether oxygens (including phenoxy) is 1. The SMILES string of the molecule is CCCCC1=CC(=O)N(C(=O)Oc2ccccc2)[C@H](c2ccccc2)C1. The molecule has 1 atom stereocenters. The molecule has 2 aromatic rings. The van der Waals surface area contributed by atoms with Gasteiger partial charge >= 0.3 is 6.09 Å². The molecule has 4 nitrogen and oxygen atoms in total. The number of para-hydroxylation sites is 1. The van der Waals surface area contributed by atoms with Crippen molar-refractivity contribution in [2.75, 3.05) is 0 Å². The Morgan fingerprint density at radius 1 is 1.08 bits per heavy atom. The Hall–Kier alpha value is -2.88. The van der Waals surface area contributed by atoms with Crippen molar-refractivity contribution in [2.24, 2.45) is 0 Å². The number of carbonyl (C=O) groups is 2. The van der Waals surface area contributed by atoms with Gasteiger partial charge in [-0.1, -0.05) is 67.4 Å². The van der Waals surface area contributed by atoms with Gasteiger partial charge in [-0.3, -0.25) is 4.79 Å². The topological polar surface area (TPSA) is 46.6 Å². The molecule has 1 heterocycles. The van der Waals surface area contributed by atoms with Crippen LogP contribution in [0.15, 0.2) is 72.3 Å². The minimum atomic E-state index is -0.638. The van der Waals surface area contributed by atoms with E-state index in [1.165, 1.54) is 4.90 Å². The Morgan fingerprint density at radius 2 is 1.73 bits per heavy atom. The molecule has 0 N–H and O–H groups in total. The van der Waals surface area contributed by atoms with Gasteiger partial charge < -0.3 is 4.74 Å². The van der Waals surface area contributed by atoms with E-state index in [-0.39, 0.29) is 11.9 Å². The minimum absolute atomic E-state index is 0.308. The van der Waals surface area contributed by atoms with Gasteiger partial charge in [0.2, 0.25) is 0 Å². The summed E-state index contributed by atoms with van der Waals surface area (Å²) in [5, 5.41) is 0. The van der Waals surface area contributed by atoms with E-state index < -0.39 is 6.09 Å². The summed E-state index contributed by atoms with van der Waals surface area (Å²) >= 11 is 0. The predicted octanol–water partition coefficient (Wildman–Crippen LogP) is 5.28. The summed E-state index contributed by atoms with van der Waals surface area (Å²) in [7, 11) is 0. The zero-order valence-electron chi connectivity index (χ0n) is 14.9. The highest BCUT2D eigenvalue weighted by molar-refractivity contribution is 6.00. The van der Waals surface area contributed by atoms with Crippen LogP contribution in [0.2, 0.25) is 0 Å². The number of unbranched alkanes of at least 4 members (excludes halogenated alkanes) is 1. The molecular formula is C22H23NO3. The van der Waals surface area contributed by atoms with E-state index >= 15 is 0 Å². The van der Waals surface area contributed by atoms with Gasteiger partial charge in [0.15, 0.2) is 0 Å². The van der Waals surface area contributed by atoms with Crippen LogP contribution in [0.25, 0.3) is 0 Å². The smallest absolute Gasteiger partial charge is 0.410 e. The lowest BCUT2D eigenvalue weighted by Gasteiger charge is -2.33. The van der Waals surface area contributed by atoms with Gasteiger partial charge in [-0.25, -0.2) is 9.69 Å². The van der Waals surface area contributed by atoms with Gasteiger partial charge in [-0.15, -0.1) is 0 Å². The Kier molecular flexibility index (Phi) is 5.84. The maximum Gasteiger partial charge on any atom is 0.422 e. The third kappa shape index (κ3) is 4.20. The maximum atomic E-state index is 12.7. The lowest BCUT2D eigenvalue weighted by atomic mass is 9.91. The second-order valence-electron chi connectivity index (χ2n) is 6.43. The van der Waals surface area contributed by atoms with Crippen molar-refractivity contribution in [3.05, 3.63) is 77.9 Å². The van der Waals surface area contributed by atoms with E-state index in [9.17, 15) is 9.59 Å². The summed E-state index contributed by atoms with van der Waals surface area (Å²) in [6.07, 6.45) is 4.60. The fourth-order valence-electron chi connectivity index (χ4n) is 3.17. The zero-order chi connectivity index (χ0) is 18.4. The molecule has 2 aromatic carbocycles. The van der Waals surface area contributed by atoms with Crippen molar-refractivity contribution < 1.29 is 14.3 Å². The van der Waals surface area contributed by atoms with E-state index in [4.69, 9.17) is 4.74 Å². The van der Waals surface area contributed by atoms with Crippen molar-refractivity contribution in [3.63, 3.8) is 0 Å². The number of benzene rings is 2. The largest absolute Gasteiger partial charge is 0.422 e. The first-order valence-electron chi connectivity index (χ1n) is 9.03. The van der Waals surface area contributed by atoms with Crippen LogP contribution in [0, 0.1) is 0 Å². The molecule has 4 heteroatoms. The predicted molar refractivity (Wildman–Crippen MR) is 101 cm³/mol. The van der Waals surface area contributed by atoms with Gasteiger partial charge in [0.05, 0.1) is 6.04 Å². The first-order chi connectivity index (χ1) is 12.7. The van der Waals surface area contributed by atoms with E-state index in [0.717, 1.165) is 30.4 Å². The molecule has 0 saturated carbocycles. The fraction of sp³-hybridized carbons (Fsp3) is 0.273. The first-order valence-corrected chi connectivity index (χ1v) is 9.03. The molecule has 2 amide bonds. The third-order valence-electron chi connectivity index (χ3n) is 4.51. The summed E-state index contributed by atoms with van der Waals surface area (Å²) in [4.78, 5) is 26.7. The third-order valence-corrected chi connectivity index (χ3v) is 4.51. The molecule has 0 aromatic heterocycles. The summed E-state index contributed by atoms with van der Waals surface area (Å²) in [5.74, 6) is 0.120. The minimum Gasteiger partial charge on any atom is -0.410 e. The Morgan fingerprint density at radius 3 is 2.38 bits per heavy atom. The lowest BCUT2D eigenvalue weighted by molar-refractivity contribution is -0.126. The molecular weight excluding hydrogens is 326 g/mol. The van der Waals surface area contributed by atoms with E-state index in [0.29, 0.717) is 12.2 Å². The molecule has 26 heavy (non-hydrogen) atoms. The van der Waals surface area contributed by atoms with Gasteiger partial charge in [-0.2, -0.15) is 0 Å². The molecule has 0 saturated heterocycles. The van der Waals surface area contributed by atoms with Crippen LogP contribution < -0.4 is 4.74 Å². The molecule has 134 valence electrons. The van der Waals surface area contributed by atoms with Crippen LogP contribution in [0.3, 0.4) is 0 Å². The summed E-state index contributed by atoms with van der Waals surface area (Å²) in [6.45, 7) is 2.13. The van der Waals surface area contributed by atoms with Gasteiger partial charge in [0, 0.05) is 6.08 Å². The molecule has 0 unspecified atom stereocenters. The number of amides is 2. The first kappa shape index (κ1) is 17.9. The molecule has 0 fully saturated rings. The molecule has 0 spiro atoms. The van der Waals surface area contributed by atoms with Crippen LogP contribution >= 0.6 is 0 Å². The van der Waals surface area contributed by atoms with Crippen LogP contribution in [0.4, 0.5) is 4.79 Å². The summed E-state index contributed by atoms with van der Waals surface area (Å²) in [6, 6.07) is 18.2. The van der Waals surface area contributed by atoms with Crippen molar-refractivity contribution >= 4 is 12.0 Å². The van der Waals surface area contributed by atoms with Gasteiger partial charge in [0.25, 0.3) is 5.91 Å². The molecule has 1 aliphatic heterocycles. The summed E-state index contributed by atoms with van der Waals surface area (Å²) in [5.41, 5.74) is 2.03. The normalized spacial score (nSPS) is 17.0. The van der Waals surface area contributed by atoms with Crippen molar-refractivity contribution in [1.29, 1.82) is 0 Å². The second-order valence-corrected chi connectivity index (χ2v) is 6.43. The van der Waals surface area contributed by atoms with Crippen LogP contribution in [-0.4, -0.2) is 16.9 Å². The Labute approximate surface area is 154 Å². The Bertz CT molecular complexity index is 784. The van der Waals surface area contributed by atoms with Crippen LogP contribution in [-0.2, 0) is 4.79 Å². The standard InChI is InChI=1S/C22H23NO3/c1-2-3-10-17-15-20(18-11-6-4-7-12-18)23(21(24)16-17)22(25)26-19-13-8-5-9-14-19/h4-9,11-14,16,20H,2-3,10,15H2,1H3/t20-/m0/s1. The number of hydrogen-bond acceptors (Lipinski definition) is 3.